The van der Waals surface area contributed by atoms with E-state index in [1.54, 1.807) is 0 Å². The molecule has 2 aromatic rings. The molecule has 0 bridgehead atoms. The summed E-state index contributed by atoms with van der Waals surface area (Å²) < 4.78 is 13.2. The topological polar surface area (TPSA) is 130 Å². The molecular weight excluding hydrogens is 404 g/mol. The van der Waals surface area contributed by atoms with Crippen molar-refractivity contribution in [3.8, 4) is 0 Å². The average molecular weight is 437 g/mol. The van der Waals surface area contributed by atoms with Gasteiger partial charge in [-0.25, -0.2) is 0 Å². The number of hydrogen-bond donors (Lipinski definition) is 2. The van der Waals surface area contributed by atoms with Gasteiger partial charge in [-0.3, -0.25) is 19.3 Å². The molecule has 0 radical (unpaired) electrons. The van der Waals surface area contributed by atoms with Crippen molar-refractivity contribution in [2.24, 2.45) is 0 Å². The van der Waals surface area contributed by atoms with Gasteiger partial charge < -0.3 is 19.5 Å². The lowest BCUT2D eigenvalue weighted by Crippen LogP contribution is -2.56. The van der Waals surface area contributed by atoms with Crippen molar-refractivity contribution >= 4 is 6.47 Å². The molecule has 0 atom stereocenters. The minimum absolute atomic E-state index is 0.0658. The Morgan fingerprint density at radius 2 is 1.94 bits per heavy atom. The molecule has 2 fully saturated rings. The minimum Gasteiger partial charge on any atom is -0.483 e. The van der Waals surface area contributed by atoms with Crippen LogP contribution in [0.15, 0.2) is 10.7 Å². The molecule has 2 aromatic heterocycles. The van der Waals surface area contributed by atoms with Gasteiger partial charge in [0.2, 0.25) is 5.89 Å². The number of rotatable bonds is 6. The van der Waals surface area contributed by atoms with Gasteiger partial charge >= 0.3 is 0 Å². The number of piperidine rings is 1. The fraction of sp³-hybridized carbons (Fsp3) is 0.700. The second kappa shape index (κ2) is 10.8. The summed E-state index contributed by atoms with van der Waals surface area (Å²) in [6.07, 6.45) is 4.11. The zero-order valence-electron chi connectivity index (χ0n) is 18.2. The summed E-state index contributed by atoms with van der Waals surface area (Å²) in [4.78, 5) is 17.5. The number of carboxylic acid groups (broad SMARTS) is 1. The first-order valence-electron chi connectivity index (χ1n) is 10.6. The van der Waals surface area contributed by atoms with Gasteiger partial charge in [0.15, 0.2) is 5.82 Å². The van der Waals surface area contributed by atoms with Crippen LogP contribution in [0.1, 0.15) is 35.8 Å². The largest absolute Gasteiger partial charge is 0.483 e. The number of morpholine rings is 1. The molecule has 0 aromatic carbocycles. The third kappa shape index (κ3) is 6.33. The summed E-state index contributed by atoms with van der Waals surface area (Å²) in [7, 11) is 0. The molecule has 2 aliphatic heterocycles. The highest BCUT2D eigenvalue weighted by atomic mass is 16.5. The lowest BCUT2D eigenvalue weighted by molar-refractivity contribution is -0.138. The molecule has 31 heavy (non-hydrogen) atoms. The van der Waals surface area contributed by atoms with E-state index in [1.165, 1.54) is 5.56 Å². The van der Waals surface area contributed by atoms with Gasteiger partial charge in [-0.1, -0.05) is 5.16 Å². The molecule has 4 heterocycles. The summed E-state index contributed by atoms with van der Waals surface area (Å²) >= 11 is 0. The van der Waals surface area contributed by atoms with Gasteiger partial charge in [0.1, 0.15) is 0 Å². The number of carbonyl (C=O) groups is 1. The normalized spacial score (nSPS) is 19.2. The van der Waals surface area contributed by atoms with Crippen LogP contribution >= 0.6 is 0 Å². The Kier molecular flexibility index (Phi) is 8.13. The molecule has 2 N–H and O–H groups in total. The Labute approximate surface area is 181 Å². The molecule has 2 saturated heterocycles. The predicted molar refractivity (Wildman–Crippen MR) is 110 cm³/mol. The van der Waals surface area contributed by atoms with Crippen molar-refractivity contribution in [3.05, 3.63) is 29.2 Å². The van der Waals surface area contributed by atoms with Crippen molar-refractivity contribution in [2.75, 3.05) is 39.4 Å². The molecule has 0 amide bonds. The Bertz CT molecular complexity index is 830. The first-order chi connectivity index (χ1) is 15.0. The van der Waals surface area contributed by atoms with Crippen molar-refractivity contribution in [3.63, 3.8) is 0 Å². The van der Waals surface area contributed by atoms with Crippen LogP contribution in [0.5, 0.6) is 0 Å². The van der Waals surface area contributed by atoms with Crippen LogP contribution in [0, 0.1) is 13.8 Å². The van der Waals surface area contributed by atoms with Crippen molar-refractivity contribution in [1.82, 2.24) is 29.7 Å². The number of aryl methyl sites for hydroxylation is 2. The lowest BCUT2D eigenvalue weighted by atomic mass is 9.89. The first-order valence-corrected chi connectivity index (χ1v) is 10.6. The molecule has 0 aliphatic carbocycles. The van der Waals surface area contributed by atoms with Crippen molar-refractivity contribution < 1.29 is 24.3 Å². The highest BCUT2D eigenvalue weighted by Gasteiger charge is 2.40. The van der Waals surface area contributed by atoms with Crippen molar-refractivity contribution in [2.45, 2.75) is 51.9 Å². The minimum atomic E-state index is -0.250. The third-order valence-electron chi connectivity index (χ3n) is 5.80. The summed E-state index contributed by atoms with van der Waals surface area (Å²) in [6.45, 7) is 10.5. The fourth-order valence-corrected chi connectivity index (χ4v) is 4.26. The van der Waals surface area contributed by atoms with Gasteiger partial charge in [-0.15, -0.1) is 0 Å². The highest BCUT2D eigenvalue weighted by molar-refractivity contribution is 5.32. The number of aliphatic hydroxyl groups excluding tert-OH is 1. The second-order valence-corrected chi connectivity index (χ2v) is 8.08. The molecule has 4 rings (SSSR count). The second-order valence-electron chi connectivity index (χ2n) is 8.08. The number of nitrogens with zero attached hydrogens (tertiary/aromatic N) is 6. The molecular formula is C20H32N6O5. The van der Waals surface area contributed by atoms with Gasteiger partial charge in [0.05, 0.1) is 37.6 Å². The van der Waals surface area contributed by atoms with Crippen molar-refractivity contribution in [1.29, 1.82) is 0 Å². The van der Waals surface area contributed by atoms with Gasteiger partial charge in [0, 0.05) is 51.4 Å². The van der Waals surface area contributed by atoms with E-state index in [-0.39, 0.29) is 18.7 Å². The molecule has 1 spiro atoms. The van der Waals surface area contributed by atoms with E-state index in [2.05, 4.69) is 31.2 Å². The van der Waals surface area contributed by atoms with E-state index in [0.29, 0.717) is 12.4 Å². The van der Waals surface area contributed by atoms with E-state index in [1.807, 2.05) is 18.5 Å². The number of ether oxygens (including phenoxy) is 1. The summed E-state index contributed by atoms with van der Waals surface area (Å²) in [5, 5.41) is 24.5. The van der Waals surface area contributed by atoms with Crippen LogP contribution in [0.3, 0.4) is 0 Å². The lowest BCUT2D eigenvalue weighted by Gasteiger charge is -2.47. The maximum atomic E-state index is 9.10. The number of aliphatic hydroxyl groups is 1. The van der Waals surface area contributed by atoms with Gasteiger partial charge in [-0.05, 0) is 19.8 Å². The smallest absolute Gasteiger partial charge is 0.290 e. The van der Waals surface area contributed by atoms with Gasteiger partial charge in [0.25, 0.3) is 6.47 Å². The van der Waals surface area contributed by atoms with E-state index in [4.69, 9.17) is 24.3 Å². The molecule has 172 valence electrons. The Hall–Kier alpha value is -2.34. The summed E-state index contributed by atoms with van der Waals surface area (Å²) in [5.74, 6) is 1.37. The maximum Gasteiger partial charge on any atom is 0.290 e. The van der Waals surface area contributed by atoms with E-state index >= 15 is 0 Å². The number of aromatic nitrogens is 4. The molecule has 11 heteroatoms. The fourth-order valence-electron chi connectivity index (χ4n) is 4.26. The SMILES string of the molecule is Cc1nc(CN2CCOC3(CCN(Cc4cn(CCO)nc4C)CC3)C2)no1.O=CO. The Balaban J connectivity index is 0.000000858. The van der Waals surface area contributed by atoms with Crippen LogP contribution in [-0.4, -0.2) is 91.4 Å². The molecule has 11 nitrogen and oxygen atoms in total. The Morgan fingerprint density at radius 1 is 1.19 bits per heavy atom. The van der Waals surface area contributed by atoms with Crippen LogP contribution in [-0.2, 0) is 29.2 Å². The van der Waals surface area contributed by atoms with E-state index in [9.17, 15) is 0 Å². The van der Waals surface area contributed by atoms with E-state index in [0.717, 1.165) is 70.2 Å². The molecule has 2 aliphatic rings. The quantitative estimate of drug-likeness (QED) is 0.615. The van der Waals surface area contributed by atoms with Crippen LogP contribution in [0.25, 0.3) is 0 Å². The summed E-state index contributed by atoms with van der Waals surface area (Å²) in [6, 6.07) is 0. The zero-order chi connectivity index (χ0) is 22.3. The molecule has 0 saturated carbocycles. The van der Waals surface area contributed by atoms with Crippen LogP contribution in [0.4, 0.5) is 0 Å². The predicted octanol–water partition coefficient (Wildman–Crippen LogP) is 0.443. The van der Waals surface area contributed by atoms with Crippen LogP contribution in [0.2, 0.25) is 0 Å². The number of hydrogen-bond acceptors (Lipinski definition) is 9. The summed E-state index contributed by atoms with van der Waals surface area (Å²) in [5.41, 5.74) is 2.22. The molecule has 0 unspecified atom stereocenters. The van der Waals surface area contributed by atoms with Crippen LogP contribution < -0.4 is 0 Å². The third-order valence-corrected chi connectivity index (χ3v) is 5.80. The van der Waals surface area contributed by atoms with Gasteiger partial charge in [-0.2, -0.15) is 10.1 Å². The average Bonchev–Trinajstić information content (AvgIpc) is 3.30. The maximum absolute atomic E-state index is 9.10. The monoisotopic (exact) mass is 436 g/mol. The highest BCUT2D eigenvalue weighted by Crippen LogP contribution is 2.31. The Morgan fingerprint density at radius 3 is 2.58 bits per heavy atom. The van der Waals surface area contributed by atoms with E-state index < -0.39 is 0 Å². The first kappa shape index (κ1) is 23.3. The number of likely N-dealkylation sites (tertiary alicyclic amines) is 1. The zero-order valence-corrected chi connectivity index (χ0v) is 18.2. The standard InChI is InChI=1S/C19H30N6O3.CH2O2/c1-15-17(12-25(21-15)7-9-26)11-23-5-3-19(4-6-23)14-24(8-10-27-19)13-18-20-16(2)28-22-18;2-1-3/h12,26H,3-11,13-14H2,1-2H3;1H,(H,2,3).